The molecule has 0 saturated carbocycles. The number of nitrogens with zero attached hydrogens (tertiary/aromatic N) is 1. The molecule has 2 rings (SSSR count). The minimum Gasteiger partial charge on any atom is -0.298 e. The molecule has 13 heavy (non-hydrogen) atoms. The zero-order valence-electron chi connectivity index (χ0n) is 6.90. The first-order valence-electron chi connectivity index (χ1n) is 4.06. The molecule has 1 aliphatic heterocycles. The lowest BCUT2D eigenvalue weighted by atomic mass is 10.1. The third-order valence-electron chi connectivity index (χ3n) is 2.06. The summed E-state index contributed by atoms with van der Waals surface area (Å²) in [4.78, 5) is 15.0. The molecule has 0 N–H and O–H groups in total. The summed E-state index contributed by atoms with van der Waals surface area (Å²) in [5, 5.41) is 1.73. The Balaban J connectivity index is 2.82. The van der Waals surface area contributed by atoms with Crippen LogP contribution in [0.3, 0.4) is 0 Å². The molecule has 0 bridgehead atoms. The number of para-hydroxylation sites is 1. The Bertz CT molecular complexity index is 452. The van der Waals surface area contributed by atoms with Crippen LogP contribution in [0.4, 0.5) is 0 Å². The number of aldehydes is 1. The van der Waals surface area contributed by atoms with Gasteiger partial charge in [0.1, 0.15) is 11.8 Å². The molecular formula is C10H8ClNO. The Labute approximate surface area is 80.6 Å². The second-order valence-corrected chi connectivity index (χ2v) is 3.43. The lowest BCUT2D eigenvalue weighted by molar-refractivity contribution is -0.103. The maximum absolute atomic E-state index is 10.7. The monoisotopic (exact) mass is 193 g/mol. The van der Waals surface area contributed by atoms with Crippen molar-refractivity contribution in [2.24, 2.45) is 4.99 Å². The van der Waals surface area contributed by atoms with E-state index >= 15 is 0 Å². The zero-order chi connectivity index (χ0) is 9.26. The molecular weight excluding hydrogens is 186 g/mol. The average molecular weight is 194 g/mol. The highest BCUT2D eigenvalue weighted by Gasteiger charge is 2.11. The van der Waals surface area contributed by atoms with Crippen molar-refractivity contribution in [1.29, 1.82) is 0 Å². The van der Waals surface area contributed by atoms with Crippen LogP contribution < -0.4 is 10.6 Å². The van der Waals surface area contributed by atoms with E-state index in [-0.39, 0.29) is 5.50 Å². The fraction of sp³-hybridized carbons (Fsp3) is 0.200. The van der Waals surface area contributed by atoms with E-state index in [1.807, 2.05) is 24.3 Å². The van der Waals surface area contributed by atoms with E-state index in [2.05, 4.69) is 4.99 Å². The molecule has 1 aromatic rings. The molecule has 0 amide bonds. The molecule has 0 aromatic heterocycles. The standard InChI is InChI=1S/C10H8ClNO/c11-10-5-7(6-13)8-3-1-2-4-9(8)12-10/h1-4,6,10H,5H2. The van der Waals surface area contributed by atoms with E-state index in [0.717, 1.165) is 22.4 Å². The lowest BCUT2D eigenvalue weighted by Gasteiger charge is -2.09. The summed E-state index contributed by atoms with van der Waals surface area (Å²) in [6, 6.07) is 7.55. The van der Waals surface area contributed by atoms with Crippen molar-refractivity contribution in [3.63, 3.8) is 0 Å². The van der Waals surface area contributed by atoms with Crippen LogP contribution in [-0.2, 0) is 4.79 Å². The molecule has 66 valence electrons. The fourth-order valence-electron chi connectivity index (χ4n) is 1.46. The summed E-state index contributed by atoms with van der Waals surface area (Å²) in [5.74, 6) is 0. The van der Waals surface area contributed by atoms with Crippen molar-refractivity contribution < 1.29 is 4.79 Å². The van der Waals surface area contributed by atoms with Crippen molar-refractivity contribution in [1.82, 2.24) is 0 Å². The van der Waals surface area contributed by atoms with Crippen LogP contribution in [0.1, 0.15) is 6.42 Å². The minimum atomic E-state index is -0.296. The van der Waals surface area contributed by atoms with Crippen LogP contribution in [0.2, 0.25) is 0 Å². The third kappa shape index (κ3) is 1.49. The molecule has 1 atom stereocenters. The van der Waals surface area contributed by atoms with Gasteiger partial charge in [-0.1, -0.05) is 29.8 Å². The molecule has 3 heteroatoms. The molecule has 0 saturated heterocycles. The molecule has 0 aliphatic carbocycles. The molecule has 1 aliphatic rings. The van der Waals surface area contributed by atoms with Gasteiger partial charge in [-0.25, -0.2) is 0 Å². The van der Waals surface area contributed by atoms with Gasteiger partial charge in [0.15, 0.2) is 0 Å². The fourth-order valence-corrected chi connectivity index (χ4v) is 1.73. The normalized spacial score (nSPS) is 20.4. The predicted molar refractivity (Wildman–Crippen MR) is 51.0 cm³/mol. The average Bonchev–Trinajstić information content (AvgIpc) is 2.16. The SMILES string of the molecule is O=CC1=c2ccccc2=NC(Cl)C1. The molecule has 1 aromatic carbocycles. The highest BCUT2D eigenvalue weighted by atomic mass is 35.5. The number of carbonyl (C=O) groups excluding carboxylic acids is 1. The Morgan fingerprint density at radius 3 is 3.00 bits per heavy atom. The quantitative estimate of drug-likeness (QED) is 0.365. The van der Waals surface area contributed by atoms with Crippen molar-refractivity contribution in [3.05, 3.63) is 34.8 Å². The number of benzene rings is 1. The van der Waals surface area contributed by atoms with Gasteiger partial charge in [-0.2, -0.15) is 0 Å². The Kier molecular flexibility index (Phi) is 2.15. The Morgan fingerprint density at radius 1 is 1.46 bits per heavy atom. The van der Waals surface area contributed by atoms with Crippen LogP contribution in [-0.4, -0.2) is 11.8 Å². The highest BCUT2D eigenvalue weighted by molar-refractivity contribution is 6.21. The van der Waals surface area contributed by atoms with Crippen molar-refractivity contribution >= 4 is 23.5 Å². The van der Waals surface area contributed by atoms with Crippen LogP contribution >= 0.6 is 11.6 Å². The summed E-state index contributed by atoms with van der Waals surface area (Å²) >= 11 is 5.87. The van der Waals surface area contributed by atoms with E-state index in [1.54, 1.807) is 0 Å². The van der Waals surface area contributed by atoms with Crippen LogP contribution in [0, 0.1) is 0 Å². The summed E-state index contributed by atoms with van der Waals surface area (Å²) in [5.41, 5.74) is 0.445. The number of carbonyl (C=O) groups is 1. The lowest BCUT2D eigenvalue weighted by Crippen LogP contribution is -2.32. The second-order valence-electron chi connectivity index (χ2n) is 2.93. The molecule has 0 spiro atoms. The first-order valence-corrected chi connectivity index (χ1v) is 4.50. The number of rotatable bonds is 1. The molecule has 0 radical (unpaired) electrons. The maximum Gasteiger partial charge on any atom is 0.146 e. The molecule has 1 unspecified atom stereocenters. The van der Waals surface area contributed by atoms with Crippen molar-refractivity contribution in [2.45, 2.75) is 11.9 Å². The number of fused-ring (bicyclic) bond motifs is 1. The summed E-state index contributed by atoms with van der Waals surface area (Å²) < 4.78 is 0. The van der Waals surface area contributed by atoms with Crippen LogP contribution in [0.25, 0.3) is 5.57 Å². The van der Waals surface area contributed by atoms with E-state index < -0.39 is 0 Å². The largest absolute Gasteiger partial charge is 0.298 e. The van der Waals surface area contributed by atoms with Gasteiger partial charge in [0.05, 0.1) is 5.36 Å². The first kappa shape index (κ1) is 8.45. The number of hydrogen-bond donors (Lipinski definition) is 0. The third-order valence-corrected chi connectivity index (χ3v) is 2.31. The first-order chi connectivity index (χ1) is 6.31. The Morgan fingerprint density at radius 2 is 2.23 bits per heavy atom. The van der Waals surface area contributed by atoms with E-state index in [4.69, 9.17) is 11.6 Å². The van der Waals surface area contributed by atoms with E-state index in [9.17, 15) is 4.79 Å². The minimum absolute atomic E-state index is 0.296. The summed E-state index contributed by atoms with van der Waals surface area (Å²) in [6.45, 7) is 0. The highest BCUT2D eigenvalue weighted by Crippen LogP contribution is 2.11. The predicted octanol–water partition coefficient (Wildman–Crippen LogP) is 0.624. The topological polar surface area (TPSA) is 29.4 Å². The maximum atomic E-state index is 10.7. The van der Waals surface area contributed by atoms with Gasteiger partial charge in [-0.05, 0) is 6.07 Å². The van der Waals surface area contributed by atoms with E-state index in [1.165, 1.54) is 0 Å². The van der Waals surface area contributed by atoms with Gasteiger partial charge in [0, 0.05) is 17.2 Å². The van der Waals surface area contributed by atoms with Gasteiger partial charge < -0.3 is 0 Å². The molecule has 2 nitrogen and oxygen atoms in total. The summed E-state index contributed by atoms with van der Waals surface area (Å²) in [6.07, 6.45) is 1.39. The van der Waals surface area contributed by atoms with Gasteiger partial charge in [-0.15, -0.1) is 0 Å². The number of halogens is 1. The van der Waals surface area contributed by atoms with E-state index in [0.29, 0.717) is 6.42 Å². The second kappa shape index (κ2) is 3.30. The van der Waals surface area contributed by atoms with Gasteiger partial charge in [-0.3, -0.25) is 9.79 Å². The van der Waals surface area contributed by atoms with Crippen molar-refractivity contribution in [2.75, 3.05) is 0 Å². The zero-order valence-corrected chi connectivity index (χ0v) is 7.66. The molecule has 0 fully saturated rings. The van der Waals surface area contributed by atoms with Gasteiger partial charge in [0.25, 0.3) is 0 Å². The van der Waals surface area contributed by atoms with Crippen molar-refractivity contribution in [3.8, 4) is 0 Å². The van der Waals surface area contributed by atoms with Gasteiger partial charge in [0.2, 0.25) is 0 Å². The number of hydrogen-bond acceptors (Lipinski definition) is 2. The summed E-state index contributed by atoms with van der Waals surface area (Å²) in [7, 11) is 0. The smallest absolute Gasteiger partial charge is 0.146 e. The van der Waals surface area contributed by atoms with Crippen LogP contribution in [0.5, 0.6) is 0 Å². The molecule has 1 heterocycles. The number of alkyl halides is 1. The van der Waals surface area contributed by atoms with Crippen LogP contribution in [0.15, 0.2) is 29.3 Å². The Hall–Kier alpha value is -1.15. The van der Waals surface area contributed by atoms with Gasteiger partial charge >= 0.3 is 0 Å².